The van der Waals surface area contributed by atoms with Crippen molar-refractivity contribution in [1.29, 1.82) is 0 Å². The lowest BCUT2D eigenvalue weighted by atomic mass is 9.80. The van der Waals surface area contributed by atoms with E-state index >= 15 is 0 Å². The first kappa shape index (κ1) is 32.5. The molecule has 1 aliphatic rings. The van der Waals surface area contributed by atoms with E-state index in [1.54, 1.807) is 62.4 Å². The number of aliphatic carboxylic acids is 1. The van der Waals surface area contributed by atoms with Crippen LogP contribution in [0.1, 0.15) is 45.1 Å². The van der Waals surface area contributed by atoms with E-state index in [-0.39, 0.29) is 13.2 Å². The van der Waals surface area contributed by atoms with Crippen LogP contribution in [0.4, 0.5) is 0 Å². The van der Waals surface area contributed by atoms with Crippen LogP contribution < -0.4 is 20.4 Å². The molecule has 2 N–H and O–H groups in total. The zero-order valence-electron chi connectivity index (χ0n) is 24.7. The molecule has 0 aliphatic carbocycles. The molecule has 2 aromatic carbocycles. The van der Waals surface area contributed by atoms with E-state index in [1.165, 1.54) is 20.3 Å². The van der Waals surface area contributed by atoms with Crippen LogP contribution in [-0.4, -0.2) is 50.4 Å². The summed E-state index contributed by atoms with van der Waals surface area (Å²) in [7, 11) is 2.58. The molecule has 0 unspecified atom stereocenters. The van der Waals surface area contributed by atoms with Gasteiger partial charge in [0.15, 0.2) is 0 Å². The van der Waals surface area contributed by atoms with Gasteiger partial charge in [-0.1, -0.05) is 25.1 Å². The average Bonchev–Trinajstić information content (AvgIpc) is 2.98. The minimum atomic E-state index is -0.762. The largest absolute Gasteiger partial charge is 0.490 e. The predicted octanol–water partition coefficient (Wildman–Crippen LogP) is 4.70. The maximum atomic E-state index is 12.8. The van der Waals surface area contributed by atoms with Gasteiger partial charge < -0.3 is 33.8 Å². The third-order valence-electron chi connectivity index (χ3n) is 6.47. The molecular formula is C32H35NO10. The molecule has 2 heterocycles. The van der Waals surface area contributed by atoms with Gasteiger partial charge in [0.05, 0.1) is 31.3 Å². The van der Waals surface area contributed by atoms with E-state index < -0.39 is 29.5 Å². The lowest BCUT2D eigenvalue weighted by molar-refractivity contribution is -0.138. The second-order valence-electron chi connectivity index (χ2n) is 9.45. The predicted molar refractivity (Wildman–Crippen MR) is 158 cm³/mol. The van der Waals surface area contributed by atoms with E-state index in [2.05, 4.69) is 5.32 Å². The Hall–Kier alpha value is -5.06. The number of allylic oxidation sites excluding steroid dienone is 2. The van der Waals surface area contributed by atoms with Gasteiger partial charge in [-0.05, 0) is 44.5 Å². The van der Waals surface area contributed by atoms with E-state index in [0.29, 0.717) is 51.6 Å². The second-order valence-corrected chi connectivity index (χ2v) is 9.45. The normalized spacial score (nSPS) is 13.0. The average molecular weight is 594 g/mol. The Morgan fingerprint density at radius 3 is 2.07 bits per heavy atom. The quantitative estimate of drug-likeness (QED) is 0.191. The molecule has 4 rings (SSSR count). The number of methoxy groups -OCH3 is 2. The van der Waals surface area contributed by atoms with Crippen molar-refractivity contribution in [2.45, 2.75) is 39.5 Å². The molecule has 11 heteroatoms. The number of esters is 2. The van der Waals surface area contributed by atoms with Crippen molar-refractivity contribution in [1.82, 2.24) is 5.32 Å². The summed E-state index contributed by atoms with van der Waals surface area (Å²) in [6.07, 6.45) is 1.02. The fraction of sp³-hybridized carbons (Fsp3) is 0.312. The van der Waals surface area contributed by atoms with Gasteiger partial charge in [0.25, 0.3) is 0 Å². The molecular weight excluding hydrogens is 558 g/mol. The van der Waals surface area contributed by atoms with Crippen molar-refractivity contribution >= 4 is 28.9 Å². The number of carboxylic acid groups (broad SMARTS) is 1. The molecule has 0 radical (unpaired) electrons. The topological polar surface area (TPSA) is 151 Å². The molecule has 0 saturated carbocycles. The minimum Gasteiger partial charge on any atom is -0.490 e. The number of benzene rings is 2. The van der Waals surface area contributed by atoms with Gasteiger partial charge in [-0.15, -0.1) is 0 Å². The van der Waals surface area contributed by atoms with Gasteiger partial charge in [0.1, 0.15) is 30.3 Å². The van der Waals surface area contributed by atoms with Gasteiger partial charge in [0, 0.05) is 40.9 Å². The molecule has 11 nitrogen and oxygen atoms in total. The van der Waals surface area contributed by atoms with E-state index in [9.17, 15) is 19.2 Å². The third-order valence-corrected chi connectivity index (χ3v) is 6.47. The summed E-state index contributed by atoms with van der Waals surface area (Å²) in [4.78, 5) is 46.7. The van der Waals surface area contributed by atoms with Gasteiger partial charge in [-0.25, -0.2) is 14.4 Å². The molecule has 43 heavy (non-hydrogen) atoms. The Morgan fingerprint density at radius 2 is 1.49 bits per heavy atom. The molecule has 3 aromatic rings. The highest BCUT2D eigenvalue weighted by atomic mass is 16.5. The monoisotopic (exact) mass is 593 g/mol. The number of hydrogen-bond donors (Lipinski definition) is 2. The number of ether oxygens (including phenoxy) is 4. The van der Waals surface area contributed by atoms with Gasteiger partial charge in [0.2, 0.25) is 0 Å². The number of para-hydroxylation sites is 1. The fourth-order valence-electron chi connectivity index (χ4n) is 4.57. The Balaban J connectivity index is 0.000000765. The number of carboxylic acids is 1. The molecule has 228 valence electrons. The third kappa shape index (κ3) is 8.25. The van der Waals surface area contributed by atoms with Crippen LogP contribution in [0.5, 0.6) is 11.5 Å². The van der Waals surface area contributed by atoms with Crippen molar-refractivity contribution in [3.05, 3.63) is 93.1 Å². The van der Waals surface area contributed by atoms with Crippen LogP contribution in [0.25, 0.3) is 11.0 Å². The molecule has 1 aromatic heterocycles. The molecule has 1 aliphatic heterocycles. The van der Waals surface area contributed by atoms with Crippen molar-refractivity contribution < 1.29 is 42.9 Å². The summed E-state index contributed by atoms with van der Waals surface area (Å²) in [5.41, 5.74) is 2.32. The Bertz CT molecular complexity index is 1560. The summed E-state index contributed by atoms with van der Waals surface area (Å²) < 4.78 is 27.1. The Kier molecular flexibility index (Phi) is 11.5. The van der Waals surface area contributed by atoms with Crippen LogP contribution in [0, 0.1) is 0 Å². The highest BCUT2D eigenvalue weighted by Crippen LogP contribution is 2.42. The van der Waals surface area contributed by atoms with Gasteiger partial charge in [-0.2, -0.15) is 0 Å². The first-order chi connectivity index (χ1) is 20.6. The highest BCUT2D eigenvalue weighted by molar-refractivity contribution is 6.00. The lowest BCUT2D eigenvalue weighted by Gasteiger charge is -2.31. The number of nitrogens with one attached hydrogen (secondary N) is 1. The van der Waals surface area contributed by atoms with Crippen LogP contribution in [-0.2, 0) is 23.9 Å². The first-order valence-corrected chi connectivity index (χ1v) is 13.6. The van der Waals surface area contributed by atoms with Crippen LogP contribution in [0.15, 0.2) is 86.3 Å². The summed E-state index contributed by atoms with van der Waals surface area (Å²) in [6.45, 7) is 5.71. The SMILES string of the molecule is CCCC(=O)O.COC(=O)C1=C(C)NC(C)=C(C(=O)OC)C1c1ccccc1OCCOc1ccc2ccc(=O)oc2c1. The van der Waals surface area contributed by atoms with Gasteiger partial charge >= 0.3 is 23.5 Å². The number of fused-ring (bicyclic) bond motifs is 1. The smallest absolute Gasteiger partial charge is 0.336 e. The number of hydrogen-bond acceptors (Lipinski definition) is 10. The fourth-order valence-corrected chi connectivity index (χ4v) is 4.57. The van der Waals surface area contributed by atoms with E-state index in [1.807, 2.05) is 6.92 Å². The van der Waals surface area contributed by atoms with Crippen molar-refractivity contribution in [3.63, 3.8) is 0 Å². The first-order valence-electron chi connectivity index (χ1n) is 13.6. The van der Waals surface area contributed by atoms with E-state index in [0.717, 1.165) is 11.8 Å². The number of rotatable bonds is 10. The maximum absolute atomic E-state index is 12.8. The number of carbonyl (C=O) groups is 3. The number of dihydropyridines is 1. The molecule has 0 spiro atoms. The molecule has 0 fully saturated rings. The summed E-state index contributed by atoms with van der Waals surface area (Å²) in [5.74, 6) is -1.60. The van der Waals surface area contributed by atoms with Crippen molar-refractivity contribution in [2.24, 2.45) is 0 Å². The Labute approximate surface area is 248 Å². The molecule has 0 atom stereocenters. The van der Waals surface area contributed by atoms with Crippen LogP contribution >= 0.6 is 0 Å². The van der Waals surface area contributed by atoms with Crippen molar-refractivity contribution in [2.75, 3.05) is 27.4 Å². The standard InChI is InChI=1S/C28H27NO8.C4H8O2/c1-16-24(27(31)33-3)26(25(17(2)29-16)28(32)34-4)20-7-5-6-8-21(20)36-14-13-35-19-11-9-18-10-12-23(30)37-22(18)15-19;1-2-3-4(5)6/h5-12,15,26,29H,13-14H2,1-4H3;2-3H2,1H3,(H,5,6). The van der Waals surface area contributed by atoms with Crippen LogP contribution in [0.2, 0.25) is 0 Å². The summed E-state index contributed by atoms with van der Waals surface area (Å²) in [6, 6.07) is 15.4. The number of carbonyl (C=O) groups excluding carboxylic acids is 2. The summed E-state index contributed by atoms with van der Waals surface area (Å²) >= 11 is 0. The molecule has 0 amide bonds. The Morgan fingerprint density at radius 1 is 0.884 bits per heavy atom. The highest BCUT2D eigenvalue weighted by Gasteiger charge is 2.39. The minimum absolute atomic E-state index is 0.172. The van der Waals surface area contributed by atoms with Crippen LogP contribution in [0.3, 0.4) is 0 Å². The summed E-state index contributed by atoms with van der Waals surface area (Å²) in [5, 5.41) is 11.8. The van der Waals surface area contributed by atoms with Crippen molar-refractivity contribution in [3.8, 4) is 11.5 Å². The zero-order chi connectivity index (χ0) is 31.5. The van der Waals surface area contributed by atoms with Gasteiger partial charge in [-0.3, -0.25) is 4.79 Å². The molecule has 0 saturated heterocycles. The second kappa shape index (κ2) is 15.2. The maximum Gasteiger partial charge on any atom is 0.336 e. The molecule has 0 bridgehead atoms. The zero-order valence-corrected chi connectivity index (χ0v) is 24.7. The lowest BCUT2D eigenvalue weighted by Crippen LogP contribution is -2.32. The van der Waals surface area contributed by atoms with E-state index in [4.69, 9.17) is 28.5 Å².